The van der Waals surface area contributed by atoms with Crippen LogP contribution in [0.5, 0.6) is 0 Å². The van der Waals surface area contributed by atoms with E-state index in [1.165, 1.54) is 14.2 Å². The van der Waals surface area contributed by atoms with Crippen LogP contribution in [0.2, 0.25) is 0 Å². The van der Waals surface area contributed by atoms with Crippen LogP contribution in [0.25, 0.3) is 0 Å². The molecule has 95 heavy (non-hydrogen) atoms. The number of nitrogens with one attached hydrogen (secondary N) is 7. The van der Waals surface area contributed by atoms with Gasteiger partial charge in [-0.2, -0.15) is 0 Å². The largest absolute Gasteiger partial charge is 0.396 e. The van der Waals surface area contributed by atoms with E-state index in [1.807, 2.05) is 90.9 Å². The van der Waals surface area contributed by atoms with E-state index < -0.39 is 96.0 Å². The second kappa shape index (κ2) is 40.3. The van der Waals surface area contributed by atoms with Gasteiger partial charge in [0.1, 0.15) is 24.2 Å². The summed E-state index contributed by atoms with van der Waals surface area (Å²) in [6.45, 7) is 18.5. The summed E-state index contributed by atoms with van der Waals surface area (Å²) in [6, 6.07) is 9.38. The van der Waals surface area contributed by atoms with Gasteiger partial charge in [-0.3, -0.25) is 52.9 Å². The van der Waals surface area contributed by atoms with E-state index in [0.29, 0.717) is 50.1 Å². The number of likely N-dealkylation sites (N-methyl/N-ethyl adjacent to an activating group) is 2. The molecular weight excluding hydrogens is 1220 g/mol. The Labute approximate surface area is 562 Å². The summed E-state index contributed by atoms with van der Waals surface area (Å²) in [5.74, 6) is -4.94. The minimum Gasteiger partial charge on any atom is -0.396 e. The lowest BCUT2D eigenvalue weighted by Crippen LogP contribution is -2.59. The lowest BCUT2D eigenvalue weighted by Gasteiger charge is -2.41. The first-order valence-electron chi connectivity index (χ1n) is 33.8. The van der Waals surface area contributed by atoms with E-state index in [2.05, 4.69) is 37.4 Å². The zero-order chi connectivity index (χ0) is 70.6. The fraction of sp³-hybridized carbons (Fsp3) is 0.681. The fourth-order valence-corrected chi connectivity index (χ4v) is 12.7. The van der Waals surface area contributed by atoms with Gasteiger partial charge in [0.2, 0.25) is 47.3 Å². The molecule has 26 nitrogen and oxygen atoms in total. The second-order valence-electron chi connectivity index (χ2n) is 26.8. The third kappa shape index (κ3) is 25.0. The molecule has 0 aliphatic carbocycles. The standard InChI is InChI=1S/C69H112N12O14/c1-15-45(8)61(79(12)68(91)59(43(4)5)76-67(90)60(44(6)7)78(10)11)54(93-13)39-57(85)81-35-21-25-53(81)62(94-14)46(9)63(86)74-52(38-47-22-17-16-18-23-47)65(88)77-95-41-49-28-30-50(31-29-49)72-64(87)51(24-20-34-71-69(70)92)73-66(89)58(42(2)3)75-55(83)26-19-27-56(84)80-36-32-48(40-82)33-37-80/h16-18,22-23,28-31,42-46,48,51-54,58-62,82H,15,19-21,24-27,32-41H2,1-14H3,(H,72,87)(H,73,89)(H,74,86)(H,75,83)(H,76,90)(H,77,88)(H3,70,71,92). The van der Waals surface area contributed by atoms with Gasteiger partial charge in [-0.1, -0.05) is 111 Å². The number of aliphatic hydroxyl groups is 1. The molecule has 0 saturated carbocycles. The summed E-state index contributed by atoms with van der Waals surface area (Å²) < 4.78 is 12.2. The smallest absolute Gasteiger partial charge is 0.312 e. The Morgan fingerprint density at radius 1 is 0.674 bits per heavy atom. The van der Waals surface area contributed by atoms with Crippen molar-refractivity contribution in [1.82, 2.24) is 51.7 Å². The number of hydrogen-bond acceptors (Lipinski definition) is 15. The van der Waals surface area contributed by atoms with E-state index in [0.717, 1.165) is 18.4 Å². The zero-order valence-corrected chi connectivity index (χ0v) is 58.7. The number of primary amides is 1. The molecule has 2 aliphatic rings. The number of carbonyl (C=O) groups excluding carboxylic acids is 10. The molecule has 0 aromatic heterocycles. The first kappa shape index (κ1) is 80.2. The van der Waals surface area contributed by atoms with Crippen molar-refractivity contribution in [2.45, 2.75) is 200 Å². The normalized spacial score (nSPS) is 17.5. The summed E-state index contributed by atoms with van der Waals surface area (Å²) in [5, 5.41) is 26.2. The van der Waals surface area contributed by atoms with Crippen LogP contribution < -0.4 is 43.1 Å². The third-order valence-corrected chi connectivity index (χ3v) is 18.4. The predicted octanol–water partition coefficient (Wildman–Crippen LogP) is 4.02. The Morgan fingerprint density at radius 2 is 1.32 bits per heavy atom. The van der Waals surface area contributed by atoms with Crippen molar-refractivity contribution in [2.24, 2.45) is 41.2 Å². The van der Waals surface area contributed by atoms with Gasteiger partial charge in [0.25, 0.3) is 5.91 Å². The van der Waals surface area contributed by atoms with Crippen molar-refractivity contribution < 1.29 is 67.4 Å². The van der Waals surface area contributed by atoms with Crippen LogP contribution >= 0.6 is 0 Å². The van der Waals surface area contributed by atoms with Crippen LogP contribution in [-0.2, 0) is 70.5 Å². The number of nitrogens with zero attached hydrogens (tertiary/aromatic N) is 4. The molecule has 11 atom stereocenters. The van der Waals surface area contributed by atoms with Crippen molar-refractivity contribution in [1.29, 1.82) is 0 Å². The number of hydrogen-bond donors (Lipinski definition) is 9. The van der Waals surface area contributed by atoms with Gasteiger partial charge in [-0.15, -0.1) is 0 Å². The second-order valence-corrected chi connectivity index (χ2v) is 26.8. The number of piperidine rings is 1. The molecule has 2 aromatic carbocycles. The van der Waals surface area contributed by atoms with E-state index in [-0.39, 0.29) is 118 Å². The quantitative estimate of drug-likeness (QED) is 0.0337. The van der Waals surface area contributed by atoms with Gasteiger partial charge in [-0.25, -0.2) is 10.3 Å². The average molecular weight is 1330 g/mol. The number of rotatable bonds is 39. The number of amides is 11. The first-order chi connectivity index (χ1) is 45.1. The molecule has 2 heterocycles. The molecule has 0 radical (unpaired) electrons. The summed E-state index contributed by atoms with van der Waals surface area (Å²) in [7, 11) is 8.38. The third-order valence-electron chi connectivity index (χ3n) is 18.4. The highest BCUT2D eigenvalue weighted by atomic mass is 16.7. The van der Waals surface area contributed by atoms with Gasteiger partial charge < -0.3 is 66.9 Å². The van der Waals surface area contributed by atoms with E-state index in [9.17, 15) is 53.1 Å². The lowest BCUT2D eigenvalue weighted by molar-refractivity contribution is -0.148. The minimum absolute atomic E-state index is 0.00618. The highest BCUT2D eigenvalue weighted by Gasteiger charge is 2.44. The van der Waals surface area contributed by atoms with Gasteiger partial charge in [-0.05, 0) is 112 Å². The lowest BCUT2D eigenvalue weighted by atomic mass is 9.89. The molecule has 11 amide bonds. The van der Waals surface area contributed by atoms with E-state index >= 15 is 0 Å². The van der Waals surface area contributed by atoms with Crippen molar-refractivity contribution in [3.63, 3.8) is 0 Å². The number of hydroxylamine groups is 1. The Kier molecular flexibility index (Phi) is 34.0. The molecule has 2 fully saturated rings. The first-order valence-corrected chi connectivity index (χ1v) is 33.8. The Balaban J connectivity index is 1.40. The number of urea groups is 1. The van der Waals surface area contributed by atoms with Crippen LogP contribution in [0.1, 0.15) is 144 Å². The number of likely N-dealkylation sites (tertiary alicyclic amines) is 2. The van der Waals surface area contributed by atoms with Crippen LogP contribution in [0.3, 0.4) is 0 Å². The van der Waals surface area contributed by atoms with Gasteiger partial charge >= 0.3 is 6.03 Å². The van der Waals surface area contributed by atoms with Crippen LogP contribution in [0.4, 0.5) is 10.5 Å². The van der Waals surface area contributed by atoms with Crippen molar-refractivity contribution in [3.05, 3.63) is 65.7 Å². The summed E-state index contributed by atoms with van der Waals surface area (Å²) in [5.41, 5.74) is 9.47. The maximum absolute atomic E-state index is 14.6. The highest BCUT2D eigenvalue weighted by Crippen LogP contribution is 2.30. The van der Waals surface area contributed by atoms with Crippen LogP contribution in [-0.4, -0.2) is 207 Å². The monoisotopic (exact) mass is 1330 g/mol. The molecule has 0 spiro atoms. The molecule has 0 bridgehead atoms. The van der Waals surface area contributed by atoms with Gasteiger partial charge in [0.05, 0.1) is 49.3 Å². The molecule has 10 N–H and O–H groups in total. The maximum atomic E-state index is 14.6. The molecule has 4 rings (SSSR count). The molecule has 532 valence electrons. The van der Waals surface area contributed by atoms with Crippen molar-refractivity contribution in [3.8, 4) is 0 Å². The number of benzene rings is 2. The Hall–Kier alpha value is -7.26. The molecule has 11 unspecified atom stereocenters. The van der Waals surface area contributed by atoms with Crippen molar-refractivity contribution in [2.75, 3.05) is 73.5 Å². The van der Waals surface area contributed by atoms with Crippen LogP contribution in [0.15, 0.2) is 54.6 Å². The SMILES string of the molecule is CCC(C)C(C(CC(=O)N1CCCC1C(OC)C(C)C(=O)NC(Cc1ccccc1)C(=O)NOCc1ccc(NC(=O)C(CCCNC(N)=O)NC(=O)C(NC(=O)CCCC(=O)N2CCC(CO)CC2)C(C)C)cc1)OC)N(C)C(=O)C(NC(=O)C(C(C)C)N(C)C)C(C)C. The molecule has 2 saturated heterocycles. The number of ether oxygens (including phenoxy) is 2. The van der Waals surface area contributed by atoms with Gasteiger partial charge in [0, 0.05) is 79.0 Å². The summed E-state index contributed by atoms with van der Waals surface area (Å²) in [4.78, 5) is 149. The fourth-order valence-electron chi connectivity index (χ4n) is 12.7. The number of anilines is 1. The number of methoxy groups -OCH3 is 2. The maximum Gasteiger partial charge on any atom is 0.312 e. The minimum atomic E-state index is -1.11. The van der Waals surface area contributed by atoms with E-state index in [1.54, 1.807) is 66.8 Å². The molecule has 2 aromatic rings. The molecular formula is C69H112N12O14. The molecule has 26 heteroatoms. The topological polar surface area (TPSA) is 342 Å². The molecule has 2 aliphatic heterocycles. The Bertz CT molecular complexity index is 2780. The van der Waals surface area contributed by atoms with Crippen molar-refractivity contribution >= 4 is 64.9 Å². The van der Waals surface area contributed by atoms with Gasteiger partial charge in [0.15, 0.2) is 0 Å². The summed E-state index contributed by atoms with van der Waals surface area (Å²) in [6.07, 6.45) is 2.65. The predicted molar refractivity (Wildman–Crippen MR) is 361 cm³/mol. The Morgan fingerprint density at radius 3 is 1.88 bits per heavy atom. The highest BCUT2D eigenvalue weighted by molar-refractivity contribution is 5.98. The summed E-state index contributed by atoms with van der Waals surface area (Å²) >= 11 is 0. The number of aliphatic hydroxyl groups excluding tert-OH is 1. The van der Waals surface area contributed by atoms with Crippen LogP contribution in [0, 0.1) is 35.5 Å². The van der Waals surface area contributed by atoms with E-state index in [4.69, 9.17) is 20.0 Å². The number of carbonyl (C=O) groups is 10. The zero-order valence-electron chi connectivity index (χ0n) is 58.7. The number of nitrogens with two attached hydrogens (primary N) is 1. The average Bonchev–Trinajstić information content (AvgIpc) is 1.81.